The van der Waals surface area contributed by atoms with Gasteiger partial charge in [0.25, 0.3) is 0 Å². The molecule has 1 aromatic heterocycles. The Labute approximate surface area is 189 Å². The minimum absolute atomic E-state index is 0.0504. The van der Waals surface area contributed by atoms with Crippen LogP contribution in [-0.4, -0.2) is 29.0 Å². The van der Waals surface area contributed by atoms with Crippen molar-refractivity contribution in [3.05, 3.63) is 71.0 Å². The van der Waals surface area contributed by atoms with Crippen LogP contribution < -0.4 is 10.2 Å². The normalized spacial score (nSPS) is 16.3. The van der Waals surface area contributed by atoms with Gasteiger partial charge in [-0.2, -0.15) is 0 Å². The van der Waals surface area contributed by atoms with Crippen LogP contribution in [0.5, 0.6) is 0 Å². The Hall–Kier alpha value is -2.38. The molecule has 1 aliphatic heterocycles. The summed E-state index contributed by atoms with van der Waals surface area (Å²) in [6, 6.07) is 16.1. The standard InChI is InChI=1S/C23H23BrN4OS/c1-16-7-9-20(10-8-16)30-23-21(25-11-12-26-23)28-13-3-4-17(15-28)22(29)27-19-6-2-5-18(24)14-19/h2,5-12,14,17H,3-4,13,15H2,1H3,(H,27,29)/t17-/m0/s1. The highest BCUT2D eigenvalue weighted by atomic mass is 79.9. The maximum Gasteiger partial charge on any atom is 0.229 e. The molecule has 1 fully saturated rings. The minimum Gasteiger partial charge on any atom is -0.354 e. The van der Waals surface area contributed by atoms with Crippen molar-refractivity contribution in [2.75, 3.05) is 23.3 Å². The molecule has 1 aliphatic rings. The molecule has 0 radical (unpaired) electrons. The molecule has 1 N–H and O–H groups in total. The summed E-state index contributed by atoms with van der Waals surface area (Å²) in [6.07, 6.45) is 5.26. The van der Waals surface area contributed by atoms with Gasteiger partial charge in [0.05, 0.1) is 5.92 Å². The zero-order chi connectivity index (χ0) is 20.9. The summed E-state index contributed by atoms with van der Waals surface area (Å²) in [5.74, 6) is 0.814. The third-order valence-corrected chi connectivity index (χ3v) is 6.55. The Bertz CT molecular complexity index is 1030. The molecule has 0 unspecified atom stereocenters. The molecule has 1 amide bonds. The van der Waals surface area contributed by atoms with Crippen LogP contribution in [0.4, 0.5) is 11.5 Å². The predicted octanol–water partition coefficient (Wildman–Crippen LogP) is 5.55. The van der Waals surface area contributed by atoms with Gasteiger partial charge in [0, 0.05) is 40.5 Å². The average molecular weight is 483 g/mol. The number of carbonyl (C=O) groups is 1. The Morgan fingerprint density at radius 1 is 1.17 bits per heavy atom. The largest absolute Gasteiger partial charge is 0.354 e. The van der Waals surface area contributed by atoms with Gasteiger partial charge in [-0.3, -0.25) is 4.79 Å². The molecule has 2 heterocycles. The number of nitrogens with zero attached hydrogens (tertiary/aromatic N) is 3. The van der Waals surface area contributed by atoms with Crippen LogP contribution in [0.2, 0.25) is 0 Å². The number of halogens is 1. The lowest BCUT2D eigenvalue weighted by Gasteiger charge is -2.33. The van der Waals surface area contributed by atoms with E-state index in [1.807, 2.05) is 24.3 Å². The van der Waals surface area contributed by atoms with E-state index < -0.39 is 0 Å². The number of benzene rings is 2. The van der Waals surface area contributed by atoms with Gasteiger partial charge in [-0.15, -0.1) is 0 Å². The minimum atomic E-state index is -0.0861. The SMILES string of the molecule is Cc1ccc(Sc2nccnc2N2CCC[C@H](C(=O)Nc3cccc(Br)c3)C2)cc1. The average Bonchev–Trinajstić information content (AvgIpc) is 2.76. The van der Waals surface area contributed by atoms with Crippen LogP contribution >= 0.6 is 27.7 Å². The van der Waals surface area contributed by atoms with Crippen molar-refractivity contribution in [2.45, 2.75) is 29.7 Å². The van der Waals surface area contributed by atoms with Crippen molar-refractivity contribution in [1.29, 1.82) is 0 Å². The lowest BCUT2D eigenvalue weighted by Crippen LogP contribution is -2.41. The van der Waals surface area contributed by atoms with E-state index in [0.717, 1.165) is 45.3 Å². The predicted molar refractivity (Wildman–Crippen MR) is 125 cm³/mol. The first-order valence-corrected chi connectivity index (χ1v) is 11.6. The Morgan fingerprint density at radius 2 is 1.97 bits per heavy atom. The van der Waals surface area contributed by atoms with Gasteiger partial charge < -0.3 is 10.2 Å². The number of hydrogen-bond acceptors (Lipinski definition) is 5. The van der Waals surface area contributed by atoms with E-state index in [0.29, 0.717) is 6.54 Å². The Balaban J connectivity index is 1.48. The lowest BCUT2D eigenvalue weighted by atomic mass is 9.97. The molecular weight excluding hydrogens is 460 g/mol. The second kappa shape index (κ2) is 9.62. The van der Waals surface area contributed by atoms with Gasteiger partial charge in [-0.05, 0) is 50.1 Å². The quantitative estimate of drug-likeness (QED) is 0.516. The van der Waals surface area contributed by atoms with Crippen LogP contribution in [0, 0.1) is 12.8 Å². The molecule has 3 aromatic rings. The van der Waals surface area contributed by atoms with Crippen LogP contribution in [0.25, 0.3) is 0 Å². The first kappa shape index (κ1) is 20.9. The summed E-state index contributed by atoms with van der Waals surface area (Å²) in [5, 5.41) is 3.92. The molecular formula is C23H23BrN4OS. The number of hydrogen-bond donors (Lipinski definition) is 1. The third-order valence-electron chi connectivity index (χ3n) is 5.07. The number of nitrogens with one attached hydrogen (secondary N) is 1. The highest BCUT2D eigenvalue weighted by Crippen LogP contribution is 2.34. The monoisotopic (exact) mass is 482 g/mol. The molecule has 5 nitrogen and oxygen atoms in total. The number of rotatable bonds is 5. The Morgan fingerprint density at radius 3 is 2.77 bits per heavy atom. The molecule has 7 heteroatoms. The summed E-state index contributed by atoms with van der Waals surface area (Å²) in [4.78, 5) is 25.4. The van der Waals surface area contributed by atoms with Crippen molar-refractivity contribution in [1.82, 2.24) is 9.97 Å². The highest BCUT2D eigenvalue weighted by Gasteiger charge is 2.28. The summed E-state index contributed by atoms with van der Waals surface area (Å²) >= 11 is 5.06. The van der Waals surface area contributed by atoms with E-state index in [4.69, 9.17) is 0 Å². The second-order valence-corrected chi connectivity index (χ2v) is 9.36. The van der Waals surface area contributed by atoms with Gasteiger partial charge in [0.15, 0.2) is 5.82 Å². The molecule has 4 rings (SSSR count). The van der Waals surface area contributed by atoms with Gasteiger partial charge in [0.1, 0.15) is 5.03 Å². The summed E-state index contributed by atoms with van der Waals surface area (Å²) in [5.41, 5.74) is 2.04. The number of piperidine rings is 1. The molecule has 1 saturated heterocycles. The zero-order valence-corrected chi connectivity index (χ0v) is 19.1. The summed E-state index contributed by atoms with van der Waals surface area (Å²) in [7, 11) is 0. The third kappa shape index (κ3) is 5.21. The first-order valence-electron chi connectivity index (χ1n) is 9.95. The number of aromatic nitrogens is 2. The Kier molecular flexibility index (Phi) is 6.69. The lowest BCUT2D eigenvalue weighted by molar-refractivity contribution is -0.120. The van der Waals surface area contributed by atoms with Crippen LogP contribution in [0.15, 0.2) is 75.3 Å². The smallest absolute Gasteiger partial charge is 0.229 e. The van der Waals surface area contributed by atoms with Crippen molar-refractivity contribution in [3.63, 3.8) is 0 Å². The van der Waals surface area contributed by atoms with Crippen molar-refractivity contribution in [3.8, 4) is 0 Å². The first-order chi connectivity index (χ1) is 14.6. The molecule has 0 spiro atoms. The molecule has 1 atom stereocenters. The summed E-state index contributed by atoms with van der Waals surface area (Å²) < 4.78 is 0.947. The van der Waals surface area contributed by atoms with E-state index >= 15 is 0 Å². The van der Waals surface area contributed by atoms with Crippen LogP contribution in [0.1, 0.15) is 18.4 Å². The van der Waals surface area contributed by atoms with Gasteiger partial charge in [-0.25, -0.2) is 9.97 Å². The van der Waals surface area contributed by atoms with E-state index in [1.165, 1.54) is 5.56 Å². The fourth-order valence-electron chi connectivity index (χ4n) is 3.52. The number of anilines is 2. The number of carbonyl (C=O) groups excluding carboxylic acids is 1. The summed E-state index contributed by atoms with van der Waals surface area (Å²) in [6.45, 7) is 3.59. The second-order valence-electron chi connectivity index (χ2n) is 7.38. The van der Waals surface area contributed by atoms with E-state index in [2.05, 4.69) is 67.3 Å². The van der Waals surface area contributed by atoms with E-state index in [1.54, 1.807) is 24.2 Å². The highest BCUT2D eigenvalue weighted by molar-refractivity contribution is 9.10. The topological polar surface area (TPSA) is 58.1 Å². The van der Waals surface area contributed by atoms with Crippen molar-refractivity contribution < 1.29 is 4.79 Å². The van der Waals surface area contributed by atoms with Gasteiger partial charge >= 0.3 is 0 Å². The molecule has 0 saturated carbocycles. The number of amides is 1. The number of aryl methyl sites for hydroxylation is 1. The fourth-order valence-corrected chi connectivity index (χ4v) is 4.80. The van der Waals surface area contributed by atoms with Crippen LogP contribution in [-0.2, 0) is 4.79 Å². The van der Waals surface area contributed by atoms with Crippen LogP contribution in [0.3, 0.4) is 0 Å². The zero-order valence-electron chi connectivity index (χ0n) is 16.7. The molecule has 30 heavy (non-hydrogen) atoms. The van der Waals surface area contributed by atoms with E-state index in [-0.39, 0.29) is 11.8 Å². The van der Waals surface area contributed by atoms with E-state index in [9.17, 15) is 4.79 Å². The van der Waals surface area contributed by atoms with Crippen molar-refractivity contribution in [2.24, 2.45) is 5.92 Å². The van der Waals surface area contributed by atoms with Gasteiger partial charge in [0.2, 0.25) is 5.91 Å². The molecule has 0 bridgehead atoms. The maximum atomic E-state index is 12.9. The fraction of sp³-hybridized carbons (Fsp3) is 0.261. The molecule has 0 aliphatic carbocycles. The van der Waals surface area contributed by atoms with Crippen molar-refractivity contribution >= 4 is 45.1 Å². The molecule has 2 aromatic carbocycles. The molecule has 154 valence electrons. The maximum absolute atomic E-state index is 12.9. The van der Waals surface area contributed by atoms with Gasteiger partial charge in [-0.1, -0.05) is 51.5 Å².